The minimum Gasteiger partial charge on any atom is -0.478 e. The Kier molecular flexibility index (Phi) is 8.68. The van der Waals surface area contributed by atoms with Gasteiger partial charge in [-0.2, -0.15) is 0 Å². The fourth-order valence-corrected chi connectivity index (χ4v) is 3.61. The van der Waals surface area contributed by atoms with Gasteiger partial charge in [0.2, 0.25) is 12.2 Å². The van der Waals surface area contributed by atoms with E-state index in [2.05, 4.69) is 5.32 Å². The van der Waals surface area contributed by atoms with Crippen LogP contribution < -0.4 is 5.32 Å². The van der Waals surface area contributed by atoms with Crippen LogP contribution in [-0.4, -0.2) is 41.1 Å². The highest BCUT2D eigenvalue weighted by atomic mass is 35.5. The average molecular weight is 530 g/mol. The molecule has 3 rings (SSSR count). The van der Waals surface area contributed by atoms with Crippen molar-refractivity contribution in [1.29, 1.82) is 0 Å². The van der Waals surface area contributed by atoms with E-state index in [4.69, 9.17) is 32.7 Å². The van der Waals surface area contributed by atoms with Crippen LogP contribution in [0.25, 0.3) is 0 Å². The molecular formula is C26H21Cl2NO7. The van der Waals surface area contributed by atoms with E-state index in [0.717, 1.165) is 11.1 Å². The largest absolute Gasteiger partial charge is 0.478 e. The summed E-state index contributed by atoms with van der Waals surface area (Å²) in [5.74, 6) is -4.77. The lowest BCUT2D eigenvalue weighted by atomic mass is 10.1. The topological polar surface area (TPSA) is 119 Å². The summed E-state index contributed by atoms with van der Waals surface area (Å²) in [5.41, 5.74) is 1.97. The number of hydrogen-bond donors (Lipinski definition) is 2. The van der Waals surface area contributed by atoms with Gasteiger partial charge in [0.05, 0.1) is 11.1 Å². The SMILES string of the molecule is Cc1ccc(C(=O)O[C@@H](C(=O)O)[C@@H](OC(=O)c2ccc(C)cc2)C(=O)Nc2cc(Cl)cc(Cl)c2)cc1. The highest BCUT2D eigenvalue weighted by molar-refractivity contribution is 6.35. The normalized spacial score (nSPS) is 12.2. The lowest BCUT2D eigenvalue weighted by Crippen LogP contribution is -2.48. The molecule has 0 saturated heterocycles. The lowest BCUT2D eigenvalue weighted by Gasteiger charge is -2.23. The fraction of sp³-hybridized carbons (Fsp3) is 0.154. The standard InChI is InChI=1S/C26H21Cl2NO7/c1-14-3-7-16(8-4-14)25(33)35-21(23(30)29-20-12-18(27)11-19(28)13-20)22(24(31)32)36-26(34)17-9-5-15(2)6-10-17/h3-13,21-22H,1-2H3,(H,29,30)(H,31,32)/t21-,22-/m1/s1. The number of anilines is 1. The molecule has 0 unspecified atom stereocenters. The van der Waals surface area contributed by atoms with Crippen molar-refractivity contribution in [2.24, 2.45) is 0 Å². The molecule has 1 amide bonds. The van der Waals surface area contributed by atoms with Crippen molar-refractivity contribution in [2.75, 3.05) is 5.32 Å². The zero-order valence-corrected chi connectivity index (χ0v) is 20.7. The summed E-state index contributed by atoms with van der Waals surface area (Å²) in [7, 11) is 0. The van der Waals surface area contributed by atoms with E-state index >= 15 is 0 Å². The third kappa shape index (κ3) is 7.07. The number of carbonyl (C=O) groups excluding carboxylic acids is 3. The van der Waals surface area contributed by atoms with Crippen molar-refractivity contribution < 1.29 is 33.8 Å². The van der Waals surface area contributed by atoms with Crippen molar-refractivity contribution >= 4 is 52.7 Å². The van der Waals surface area contributed by atoms with Gasteiger partial charge in [0.1, 0.15) is 0 Å². The number of benzene rings is 3. The predicted molar refractivity (Wildman–Crippen MR) is 133 cm³/mol. The van der Waals surface area contributed by atoms with Crippen molar-refractivity contribution in [2.45, 2.75) is 26.1 Å². The van der Waals surface area contributed by atoms with Gasteiger partial charge in [-0.3, -0.25) is 4.79 Å². The number of hydrogen-bond acceptors (Lipinski definition) is 6. The Bertz CT molecular complexity index is 1270. The van der Waals surface area contributed by atoms with E-state index < -0.39 is 36.0 Å². The second kappa shape index (κ2) is 11.7. The van der Waals surface area contributed by atoms with Gasteiger partial charge in [-0.1, -0.05) is 58.6 Å². The first kappa shape index (κ1) is 26.7. The number of carbonyl (C=O) groups is 4. The molecule has 0 aliphatic carbocycles. The number of rotatable bonds is 8. The molecule has 3 aromatic rings. The quantitative estimate of drug-likeness (QED) is 0.390. The number of ether oxygens (including phenoxy) is 2. The Balaban J connectivity index is 1.92. The van der Waals surface area contributed by atoms with E-state index in [-0.39, 0.29) is 26.9 Å². The maximum Gasteiger partial charge on any atom is 0.349 e. The number of aryl methyl sites for hydroxylation is 2. The molecule has 0 radical (unpaired) electrons. The third-order valence-electron chi connectivity index (χ3n) is 4.95. The molecule has 0 spiro atoms. The van der Waals surface area contributed by atoms with Crippen LogP contribution in [0, 0.1) is 13.8 Å². The first-order chi connectivity index (χ1) is 17.0. The van der Waals surface area contributed by atoms with Gasteiger partial charge in [0.15, 0.2) is 0 Å². The molecule has 0 heterocycles. The summed E-state index contributed by atoms with van der Waals surface area (Å²) in [5, 5.41) is 12.6. The lowest BCUT2D eigenvalue weighted by molar-refractivity contribution is -0.157. The van der Waals surface area contributed by atoms with Crippen molar-refractivity contribution in [1.82, 2.24) is 0 Å². The molecule has 0 aliphatic rings. The number of aliphatic carboxylic acids is 1. The van der Waals surface area contributed by atoms with Crippen LogP contribution in [0.1, 0.15) is 31.8 Å². The molecule has 186 valence electrons. The van der Waals surface area contributed by atoms with Crippen LogP contribution >= 0.6 is 23.2 Å². The second-order valence-corrected chi connectivity index (χ2v) is 8.74. The van der Waals surface area contributed by atoms with E-state index in [1.807, 2.05) is 13.8 Å². The first-order valence-electron chi connectivity index (χ1n) is 10.6. The summed E-state index contributed by atoms with van der Waals surface area (Å²) in [6, 6.07) is 16.5. The average Bonchev–Trinajstić information content (AvgIpc) is 2.81. The second-order valence-electron chi connectivity index (χ2n) is 7.87. The van der Waals surface area contributed by atoms with E-state index in [1.54, 1.807) is 24.3 Å². The van der Waals surface area contributed by atoms with Gasteiger partial charge < -0.3 is 19.9 Å². The number of carboxylic acids is 1. The van der Waals surface area contributed by atoms with E-state index in [1.165, 1.54) is 42.5 Å². The van der Waals surface area contributed by atoms with E-state index in [0.29, 0.717) is 0 Å². The molecule has 2 N–H and O–H groups in total. The van der Waals surface area contributed by atoms with Crippen molar-refractivity contribution in [3.8, 4) is 0 Å². The van der Waals surface area contributed by atoms with Crippen molar-refractivity contribution in [3.63, 3.8) is 0 Å². The maximum atomic E-state index is 13.1. The van der Waals surface area contributed by atoms with E-state index in [9.17, 15) is 24.3 Å². The van der Waals surface area contributed by atoms with Crippen LogP contribution in [0.5, 0.6) is 0 Å². The number of halogens is 2. The summed E-state index contributed by atoms with van der Waals surface area (Å²) in [4.78, 5) is 50.7. The van der Waals surface area contributed by atoms with Gasteiger partial charge in [-0.05, 0) is 56.3 Å². The van der Waals surface area contributed by atoms with Gasteiger partial charge in [0.25, 0.3) is 5.91 Å². The molecule has 0 bridgehead atoms. The molecule has 8 nitrogen and oxygen atoms in total. The molecule has 0 saturated carbocycles. The summed E-state index contributed by atoms with van der Waals surface area (Å²) in [6.07, 6.45) is -4.22. The molecule has 0 aliphatic heterocycles. The van der Waals surface area contributed by atoms with Crippen LogP contribution in [0.3, 0.4) is 0 Å². The van der Waals surface area contributed by atoms with Gasteiger partial charge in [-0.15, -0.1) is 0 Å². The van der Waals surface area contributed by atoms with Crippen LogP contribution in [0.4, 0.5) is 5.69 Å². The molecule has 0 aromatic heterocycles. The highest BCUT2D eigenvalue weighted by Gasteiger charge is 2.41. The zero-order valence-electron chi connectivity index (χ0n) is 19.2. The first-order valence-corrected chi connectivity index (χ1v) is 11.3. The van der Waals surface area contributed by atoms with Crippen LogP contribution in [-0.2, 0) is 19.1 Å². The van der Waals surface area contributed by atoms with Gasteiger partial charge in [-0.25, -0.2) is 14.4 Å². The molecule has 36 heavy (non-hydrogen) atoms. The Morgan fingerprint density at radius 2 is 1.14 bits per heavy atom. The Hall–Kier alpha value is -3.88. The Morgan fingerprint density at radius 1 is 0.722 bits per heavy atom. The number of carboxylic acid groups (broad SMARTS) is 1. The molecule has 0 fully saturated rings. The predicted octanol–water partition coefficient (Wildman–Crippen LogP) is 5.08. The number of amides is 1. The van der Waals surface area contributed by atoms with Gasteiger partial charge in [0, 0.05) is 15.7 Å². The van der Waals surface area contributed by atoms with Gasteiger partial charge >= 0.3 is 17.9 Å². The maximum absolute atomic E-state index is 13.1. The summed E-state index contributed by atoms with van der Waals surface area (Å²) in [6.45, 7) is 3.62. The van der Waals surface area contributed by atoms with Crippen molar-refractivity contribution in [3.05, 3.63) is 99.0 Å². The minimum atomic E-state index is -2.16. The van der Waals surface area contributed by atoms with Crippen LogP contribution in [0.15, 0.2) is 66.7 Å². The minimum absolute atomic E-state index is 0.0532. The smallest absolute Gasteiger partial charge is 0.349 e. The third-order valence-corrected chi connectivity index (χ3v) is 5.39. The molecule has 3 aromatic carbocycles. The Labute approximate surface area is 216 Å². The highest BCUT2D eigenvalue weighted by Crippen LogP contribution is 2.23. The zero-order chi connectivity index (χ0) is 26.4. The molecular weight excluding hydrogens is 509 g/mol. The Morgan fingerprint density at radius 3 is 1.56 bits per heavy atom. The molecule has 2 atom stereocenters. The summed E-state index contributed by atoms with van der Waals surface area (Å²) < 4.78 is 10.4. The number of esters is 2. The monoisotopic (exact) mass is 529 g/mol. The number of nitrogens with one attached hydrogen (secondary N) is 1. The fourth-order valence-electron chi connectivity index (χ4n) is 3.08. The summed E-state index contributed by atoms with van der Waals surface area (Å²) >= 11 is 11.9. The van der Waals surface area contributed by atoms with Crippen LogP contribution in [0.2, 0.25) is 10.0 Å². The molecule has 10 heteroatoms.